The molecular weight excluding hydrogens is 1070 g/mol. The van der Waals surface area contributed by atoms with Gasteiger partial charge in [-0.2, -0.15) is 0 Å². The van der Waals surface area contributed by atoms with E-state index in [1.54, 1.807) is 0 Å². The lowest BCUT2D eigenvalue weighted by Gasteiger charge is -2.56. The Bertz CT molecular complexity index is 4700. The molecule has 1 fully saturated rings. The molecule has 13 aromatic rings. The normalized spacial score (nSPS) is 19.5. The van der Waals surface area contributed by atoms with Gasteiger partial charge in [0.1, 0.15) is 11.4 Å². The van der Waals surface area contributed by atoms with Crippen molar-refractivity contribution >= 4 is 43.2 Å². The number of hydrogen-bond acceptors (Lipinski definition) is 5. The standard InChI is InChI=1S/C83H70N2O3/c1-3-5-7-26-53-87-83(75-48-28-38-62-54-60-33-14-15-34-61(60)55-70(62)75)80(65-39-12-9-13-40-65,73-46-29-44-69-66-41-19-17-35-63(66)56-71(69)73)81(78-50-24-25-51-84-78,72-45-22-21-42-67(72)58-30-10-8-11-31-58)82(88-83,74-47-27-37-59-32-16-20-43-68(59)74)79-77(86-52-6-4-2)57-64-36-18-23-49-76(64)85-79/h8-25,27-51,54-55,57H,3-7,26,52-53,56H2,1-2H3. The molecule has 430 valence electrons. The molecule has 5 nitrogen and oxygen atoms in total. The number of para-hydroxylation sites is 1. The van der Waals surface area contributed by atoms with Crippen molar-refractivity contribution in [3.05, 3.63) is 330 Å². The minimum atomic E-state index is -1.81. The molecule has 2 aromatic heterocycles. The summed E-state index contributed by atoms with van der Waals surface area (Å²) in [5, 5.41) is 7.40. The Hall–Kier alpha value is -9.52. The zero-order chi connectivity index (χ0) is 59.1. The summed E-state index contributed by atoms with van der Waals surface area (Å²) in [5.74, 6) is -1.17. The zero-order valence-electron chi connectivity index (χ0n) is 50.0. The number of aromatic nitrogens is 2. The fourth-order valence-corrected chi connectivity index (χ4v) is 15.6. The quantitative estimate of drug-likeness (QED) is 0.0633. The highest BCUT2D eigenvalue weighted by Gasteiger charge is 2.85. The monoisotopic (exact) mass is 1140 g/mol. The van der Waals surface area contributed by atoms with E-state index in [0.29, 0.717) is 31.1 Å². The Kier molecular flexibility index (Phi) is 14.4. The molecule has 15 rings (SSSR count). The molecule has 4 unspecified atom stereocenters. The lowest BCUT2D eigenvalue weighted by atomic mass is 9.43. The summed E-state index contributed by atoms with van der Waals surface area (Å²) in [6, 6.07) is 100. The summed E-state index contributed by atoms with van der Waals surface area (Å²) in [6.45, 7) is 5.31. The van der Waals surface area contributed by atoms with Crippen LogP contribution in [-0.2, 0) is 38.1 Å². The number of unbranched alkanes of at least 4 members (excludes halogenated alkanes) is 4. The maximum absolute atomic E-state index is 9.70. The summed E-state index contributed by atoms with van der Waals surface area (Å²) in [6.07, 6.45) is 8.31. The summed E-state index contributed by atoms with van der Waals surface area (Å²) in [7, 11) is 0. The first-order valence-electron chi connectivity index (χ1n) is 31.7. The fraction of sp³-hybridized carbons (Fsp3) is 0.181. The number of benzene rings is 11. The van der Waals surface area contributed by atoms with Crippen molar-refractivity contribution in [2.24, 2.45) is 0 Å². The predicted octanol–water partition coefficient (Wildman–Crippen LogP) is 20.2. The van der Waals surface area contributed by atoms with Gasteiger partial charge in [0.15, 0.2) is 5.60 Å². The molecule has 1 aliphatic heterocycles. The Labute approximate surface area is 516 Å². The Balaban J connectivity index is 1.30. The van der Waals surface area contributed by atoms with E-state index in [0.717, 1.165) is 126 Å². The number of pyridine rings is 2. The van der Waals surface area contributed by atoms with E-state index in [1.165, 1.54) is 22.3 Å². The second-order valence-corrected chi connectivity index (χ2v) is 23.9. The minimum Gasteiger partial charge on any atom is -0.492 e. The van der Waals surface area contributed by atoms with Crippen LogP contribution >= 0.6 is 0 Å². The van der Waals surface area contributed by atoms with E-state index >= 15 is 0 Å². The van der Waals surface area contributed by atoms with E-state index in [9.17, 15) is 4.74 Å². The first-order valence-corrected chi connectivity index (χ1v) is 31.7. The average molecular weight is 1140 g/mol. The molecule has 88 heavy (non-hydrogen) atoms. The Morgan fingerprint density at radius 3 is 1.86 bits per heavy atom. The molecular formula is C83H70N2O3. The van der Waals surface area contributed by atoms with Crippen LogP contribution in [0, 0.1) is 0 Å². The van der Waals surface area contributed by atoms with Crippen LogP contribution in [0.2, 0.25) is 0 Å². The van der Waals surface area contributed by atoms with Crippen molar-refractivity contribution in [3.8, 4) is 28.0 Å². The zero-order valence-corrected chi connectivity index (χ0v) is 50.0. The summed E-state index contributed by atoms with van der Waals surface area (Å²) in [4.78, 5) is 12.2. The third-order valence-corrected chi connectivity index (χ3v) is 19.2. The van der Waals surface area contributed by atoms with Crippen LogP contribution in [0.3, 0.4) is 0 Å². The molecule has 1 saturated heterocycles. The van der Waals surface area contributed by atoms with Crippen LogP contribution in [0.15, 0.2) is 279 Å². The van der Waals surface area contributed by atoms with Crippen LogP contribution in [0.4, 0.5) is 0 Å². The maximum Gasteiger partial charge on any atom is 0.212 e. The molecule has 0 N–H and O–H groups in total. The maximum atomic E-state index is 9.70. The fourth-order valence-electron chi connectivity index (χ4n) is 15.6. The van der Waals surface area contributed by atoms with Crippen molar-refractivity contribution in [2.45, 2.75) is 81.0 Å². The van der Waals surface area contributed by atoms with E-state index in [2.05, 4.69) is 287 Å². The smallest absolute Gasteiger partial charge is 0.212 e. The van der Waals surface area contributed by atoms with Crippen LogP contribution in [0.25, 0.3) is 65.5 Å². The Morgan fingerprint density at radius 2 is 1.06 bits per heavy atom. The lowest BCUT2D eigenvalue weighted by Crippen LogP contribution is -2.63. The first-order chi connectivity index (χ1) is 43.6. The highest BCUT2D eigenvalue weighted by Crippen LogP contribution is 2.79. The number of ether oxygens (including phenoxy) is 3. The van der Waals surface area contributed by atoms with Crippen molar-refractivity contribution in [3.63, 3.8) is 0 Å². The molecule has 4 atom stereocenters. The molecule has 0 saturated carbocycles. The van der Waals surface area contributed by atoms with Gasteiger partial charge in [-0.15, -0.1) is 0 Å². The van der Waals surface area contributed by atoms with E-state index in [1.807, 2.05) is 6.20 Å². The largest absolute Gasteiger partial charge is 0.492 e. The van der Waals surface area contributed by atoms with Crippen molar-refractivity contribution in [1.82, 2.24) is 9.97 Å². The second kappa shape index (κ2) is 23.0. The summed E-state index contributed by atoms with van der Waals surface area (Å²) in [5.41, 5.74) is 9.17. The van der Waals surface area contributed by atoms with Gasteiger partial charge in [-0.3, -0.25) is 4.98 Å². The van der Waals surface area contributed by atoms with Gasteiger partial charge in [0, 0.05) is 17.1 Å². The third-order valence-electron chi connectivity index (χ3n) is 19.2. The van der Waals surface area contributed by atoms with Gasteiger partial charge in [-0.05, 0) is 144 Å². The number of hydrogen-bond donors (Lipinski definition) is 0. The second-order valence-electron chi connectivity index (χ2n) is 23.9. The van der Waals surface area contributed by atoms with E-state index in [-0.39, 0.29) is 0 Å². The number of fused-ring (bicyclic) bond motifs is 7. The molecule has 1 aliphatic carbocycles. The van der Waals surface area contributed by atoms with Crippen LogP contribution in [0.1, 0.15) is 103 Å². The molecule has 11 aromatic carbocycles. The van der Waals surface area contributed by atoms with E-state index < -0.39 is 22.2 Å². The highest BCUT2D eigenvalue weighted by atomic mass is 16.7. The van der Waals surface area contributed by atoms with Crippen molar-refractivity contribution < 1.29 is 14.2 Å². The SMILES string of the molecule is CCCCCCOC1(c2cccc3cc4ccccc4cc23)OC(c2nc3ccccc3cc2OCCCC)(c2cccc3ccccc23)C(c2ccccn2)(c2ccccc2-c2ccccc2)C1(c1ccccc1)c1cccc2c1Cc1ccccc1-2. The van der Waals surface area contributed by atoms with Gasteiger partial charge in [0.05, 0.1) is 35.3 Å². The summed E-state index contributed by atoms with van der Waals surface area (Å²) >= 11 is 0. The van der Waals surface area contributed by atoms with Gasteiger partial charge in [-0.1, -0.05) is 276 Å². The van der Waals surface area contributed by atoms with Gasteiger partial charge >= 0.3 is 0 Å². The van der Waals surface area contributed by atoms with Crippen molar-refractivity contribution in [1.29, 1.82) is 0 Å². The molecule has 0 bridgehead atoms. The number of rotatable bonds is 18. The minimum absolute atomic E-state index is 0.364. The van der Waals surface area contributed by atoms with Crippen LogP contribution in [-0.4, -0.2) is 23.2 Å². The van der Waals surface area contributed by atoms with E-state index in [4.69, 9.17) is 19.4 Å². The molecule has 0 amide bonds. The average Bonchev–Trinajstić information content (AvgIpc) is 1.42. The molecule has 5 heteroatoms. The topological polar surface area (TPSA) is 53.5 Å². The number of nitrogens with zero attached hydrogens (tertiary/aromatic N) is 2. The van der Waals surface area contributed by atoms with Gasteiger partial charge in [0.2, 0.25) is 5.79 Å². The highest BCUT2D eigenvalue weighted by molar-refractivity contribution is 6.01. The van der Waals surface area contributed by atoms with Gasteiger partial charge in [0.25, 0.3) is 0 Å². The molecule has 2 aliphatic rings. The molecule has 3 heterocycles. The van der Waals surface area contributed by atoms with Crippen molar-refractivity contribution in [2.75, 3.05) is 13.2 Å². The van der Waals surface area contributed by atoms with Gasteiger partial charge in [-0.25, -0.2) is 4.98 Å². The first kappa shape index (κ1) is 55.1. The van der Waals surface area contributed by atoms with Crippen LogP contribution < -0.4 is 4.74 Å². The Morgan fingerprint density at radius 1 is 0.432 bits per heavy atom. The summed E-state index contributed by atoms with van der Waals surface area (Å²) < 4.78 is 26.0. The molecule has 0 radical (unpaired) electrons. The predicted molar refractivity (Wildman–Crippen MR) is 360 cm³/mol. The lowest BCUT2D eigenvalue weighted by molar-refractivity contribution is -0.274. The third kappa shape index (κ3) is 8.42. The molecule has 0 spiro atoms. The van der Waals surface area contributed by atoms with Crippen LogP contribution in [0.5, 0.6) is 5.75 Å². The van der Waals surface area contributed by atoms with Gasteiger partial charge < -0.3 is 14.2 Å².